The normalized spacial score (nSPS) is 13.5. The first-order chi connectivity index (χ1) is 10.3. The predicted molar refractivity (Wildman–Crippen MR) is 81.6 cm³/mol. The molecule has 0 spiro atoms. The zero-order valence-corrected chi connectivity index (χ0v) is 12.2. The summed E-state index contributed by atoms with van der Waals surface area (Å²) in [5, 5.41) is 7.99. The number of aromatic nitrogens is 2. The van der Waals surface area contributed by atoms with Crippen LogP contribution >= 0.6 is 11.3 Å². The van der Waals surface area contributed by atoms with Gasteiger partial charge in [-0.2, -0.15) is 5.10 Å². The van der Waals surface area contributed by atoms with Crippen molar-refractivity contribution in [2.75, 3.05) is 0 Å². The molecule has 0 radical (unpaired) electrons. The fraction of sp³-hybridized carbons (Fsp3) is 0.250. The number of fused-ring (bicyclic) bond motifs is 2. The lowest BCUT2D eigenvalue weighted by Crippen LogP contribution is -2.03. The highest BCUT2D eigenvalue weighted by molar-refractivity contribution is 7.14. The second kappa shape index (κ2) is 5.00. The Balaban J connectivity index is 1.51. The summed E-state index contributed by atoms with van der Waals surface area (Å²) in [5.74, 6) is -0.231. The summed E-state index contributed by atoms with van der Waals surface area (Å²) < 4.78 is 5.45. The molecule has 4 nitrogen and oxygen atoms in total. The summed E-state index contributed by atoms with van der Waals surface area (Å²) in [6, 6.07) is 7.86. The van der Waals surface area contributed by atoms with Crippen LogP contribution in [0.1, 0.15) is 32.1 Å². The quantitative estimate of drug-likeness (QED) is 0.753. The molecule has 0 fully saturated rings. The van der Waals surface area contributed by atoms with E-state index in [-0.39, 0.29) is 12.6 Å². The number of ether oxygens (including phenoxy) is 1. The number of aryl methyl sites for hydroxylation is 2. The second-order valence-corrected chi connectivity index (χ2v) is 6.38. The number of hydrogen-bond donors (Lipinski definition) is 1. The van der Waals surface area contributed by atoms with Gasteiger partial charge in [-0.25, -0.2) is 4.79 Å². The van der Waals surface area contributed by atoms with Crippen molar-refractivity contribution in [2.24, 2.45) is 0 Å². The molecule has 0 saturated carbocycles. The van der Waals surface area contributed by atoms with Gasteiger partial charge in [0.05, 0.1) is 11.7 Å². The van der Waals surface area contributed by atoms with E-state index in [9.17, 15) is 4.79 Å². The van der Waals surface area contributed by atoms with Crippen molar-refractivity contribution in [1.29, 1.82) is 0 Å². The number of benzene rings is 1. The van der Waals surface area contributed by atoms with Gasteiger partial charge in [0.25, 0.3) is 0 Å². The smallest absolute Gasteiger partial charge is 0.348 e. The predicted octanol–water partition coefficient (Wildman–Crippen LogP) is 3.47. The van der Waals surface area contributed by atoms with Crippen LogP contribution in [0, 0.1) is 0 Å². The molecule has 3 aromatic rings. The van der Waals surface area contributed by atoms with Gasteiger partial charge in [-0.15, -0.1) is 11.3 Å². The number of carbonyl (C=O) groups is 1. The molecule has 5 heteroatoms. The highest BCUT2D eigenvalue weighted by Crippen LogP contribution is 2.31. The fourth-order valence-electron chi connectivity index (χ4n) is 2.79. The number of rotatable bonds is 3. The van der Waals surface area contributed by atoms with Gasteiger partial charge in [-0.3, -0.25) is 5.10 Å². The van der Waals surface area contributed by atoms with Gasteiger partial charge in [0.2, 0.25) is 0 Å². The third kappa shape index (κ3) is 2.23. The van der Waals surface area contributed by atoms with E-state index in [1.54, 1.807) is 17.5 Å². The van der Waals surface area contributed by atoms with Gasteiger partial charge in [0.15, 0.2) is 0 Å². The monoisotopic (exact) mass is 298 g/mol. The molecule has 21 heavy (non-hydrogen) atoms. The van der Waals surface area contributed by atoms with Gasteiger partial charge in [0.1, 0.15) is 11.5 Å². The van der Waals surface area contributed by atoms with E-state index < -0.39 is 0 Å². The first-order valence-electron chi connectivity index (χ1n) is 7.01. The summed E-state index contributed by atoms with van der Waals surface area (Å²) in [7, 11) is 0. The van der Waals surface area contributed by atoms with Crippen molar-refractivity contribution in [2.45, 2.75) is 25.9 Å². The number of nitrogens with one attached hydrogen (secondary N) is 1. The topological polar surface area (TPSA) is 55.0 Å². The zero-order chi connectivity index (χ0) is 14.2. The van der Waals surface area contributed by atoms with Crippen molar-refractivity contribution >= 4 is 28.2 Å². The maximum Gasteiger partial charge on any atom is 0.348 e. The summed E-state index contributed by atoms with van der Waals surface area (Å²) in [5.41, 5.74) is 3.20. The summed E-state index contributed by atoms with van der Waals surface area (Å²) in [4.78, 5) is 14.2. The molecule has 0 atom stereocenters. The number of esters is 1. The van der Waals surface area contributed by atoms with Gasteiger partial charge in [-0.05, 0) is 30.9 Å². The number of carbonyl (C=O) groups excluding carboxylic acids is 1. The van der Waals surface area contributed by atoms with E-state index >= 15 is 0 Å². The molecule has 1 aliphatic rings. The molecule has 2 heterocycles. The molecule has 1 aliphatic carbocycles. The average Bonchev–Trinajstić information content (AvgIpc) is 3.18. The van der Waals surface area contributed by atoms with Crippen LogP contribution in [0.2, 0.25) is 0 Å². The third-order valence-corrected chi connectivity index (χ3v) is 5.09. The van der Waals surface area contributed by atoms with Crippen molar-refractivity contribution in [3.05, 3.63) is 51.3 Å². The Bertz CT molecular complexity index is 797. The van der Waals surface area contributed by atoms with Crippen LogP contribution in [0.5, 0.6) is 0 Å². The van der Waals surface area contributed by atoms with Crippen LogP contribution in [-0.4, -0.2) is 16.2 Å². The molecule has 0 aliphatic heterocycles. The van der Waals surface area contributed by atoms with Crippen molar-refractivity contribution in [1.82, 2.24) is 10.2 Å². The Kier molecular flexibility index (Phi) is 3.00. The number of aromatic amines is 1. The lowest BCUT2D eigenvalue weighted by molar-refractivity contribution is 0.0480. The van der Waals surface area contributed by atoms with E-state index in [1.165, 1.54) is 16.9 Å². The van der Waals surface area contributed by atoms with E-state index in [4.69, 9.17) is 4.74 Å². The highest BCUT2D eigenvalue weighted by Gasteiger charge is 2.19. The summed E-state index contributed by atoms with van der Waals surface area (Å²) >= 11 is 1.58. The minimum absolute atomic E-state index is 0.231. The van der Waals surface area contributed by atoms with Gasteiger partial charge >= 0.3 is 5.97 Å². The number of nitrogens with zero attached hydrogens (tertiary/aromatic N) is 1. The van der Waals surface area contributed by atoms with E-state index in [0.29, 0.717) is 0 Å². The van der Waals surface area contributed by atoms with Crippen molar-refractivity contribution in [3.8, 4) is 0 Å². The second-order valence-electron chi connectivity index (χ2n) is 5.24. The Labute approximate surface area is 125 Å². The van der Waals surface area contributed by atoms with Gasteiger partial charge < -0.3 is 4.74 Å². The van der Waals surface area contributed by atoms with E-state index in [2.05, 4.69) is 10.2 Å². The molecule has 0 amide bonds. The van der Waals surface area contributed by atoms with Gasteiger partial charge in [-0.1, -0.05) is 18.2 Å². The number of hydrogen-bond acceptors (Lipinski definition) is 4. The fourth-order valence-corrected chi connectivity index (χ4v) is 3.94. The molecule has 0 saturated heterocycles. The minimum Gasteiger partial charge on any atom is -0.457 e. The number of H-pyrrole nitrogens is 1. The largest absolute Gasteiger partial charge is 0.457 e. The lowest BCUT2D eigenvalue weighted by atomic mass is 10.1. The van der Waals surface area contributed by atoms with Gasteiger partial charge in [0, 0.05) is 15.8 Å². The van der Waals surface area contributed by atoms with Crippen LogP contribution in [0.3, 0.4) is 0 Å². The van der Waals surface area contributed by atoms with E-state index in [1.807, 2.05) is 24.3 Å². The van der Waals surface area contributed by atoms with Crippen LogP contribution in [0.4, 0.5) is 0 Å². The zero-order valence-electron chi connectivity index (χ0n) is 11.4. The molecular formula is C16H14N2O2S. The Morgan fingerprint density at radius 2 is 2.33 bits per heavy atom. The molecule has 1 aromatic carbocycles. The van der Waals surface area contributed by atoms with E-state index in [0.717, 1.165) is 34.2 Å². The molecule has 1 N–H and O–H groups in total. The molecule has 0 unspecified atom stereocenters. The van der Waals surface area contributed by atoms with Crippen LogP contribution < -0.4 is 0 Å². The third-order valence-electron chi connectivity index (χ3n) is 3.87. The highest BCUT2D eigenvalue weighted by atomic mass is 32.1. The van der Waals surface area contributed by atoms with Crippen molar-refractivity contribution in [3.63, 3.8) is 0 Å². The Morgan fingerprint density at radius 3 is 3.24 bits per heavy atom. The standard InChI is InChI=1S/C16H14N2O2S/c19-16(14-7-10-3-2-6-13(10)21-14)20-9-12-5-1-4-11-8-17-18-15(11)12/h1,4-5,7-8H,2-3,6,9H2,(H,17,18). The molecule has 4 rings (SSSR count). The van der Waals surface area contributed by atoms with Crippen LogP contribution in [0.25, 0.3) is 10.9 Å². The first kappa shape index (κ1) is 12.6. The molecule has 0 bridgehead atoms. The Morgan fingerprint density at radius 1 is 1.38 bits per heavy atom. The maximum atomic E-state index is 12.2. The SMILES string of the molecule is O=C(OCc1cccc2cn[nH]c12)c1cc2c(s1)CCC2. The molecule has 106 valence electrons. The minimum atomic E-state index is -0.231. The number of para-hydroxylation sites is 1. The lowest BCUT2D eigenvalue weighted by Gasteiger charge is -2.04. The first-order valence-corrected chi connectivity index (χ1v) is 7.82. The molecule has 2 aromatic heterocycles. The summed E-state index contributed by atoms with van der Waals surface area (Å²) in [6.07, 6.45) is 5.16. The maximum absolute atomic E-state index is 12.2. The Hall–Kier alpha value is -2.14. The molecular weight excluding hydrogens is 284 g/mol. The number of thiophene rings is 1. The van der Waals surface area contributed by atoms with Crippen molar-refractivity contribution < 1.29 is 9.53 Å². The van der Waals surface area contributed by atoms with Crippen LogP contribution in [0.15, 0.2) is 30.5 Å². The summed E-state index contributed by atoms with van der Waals surface area (Å²) in [6.45, 7) is 0.265. The van der Waals surface area contributed by atoms with Crippen LogP contribution in [-0.2, 0) is 24.2 Å². The average molecular weight is 298 g/mol.